The van der Waals surface area contributed by atoms with Gasteiger partial charge in [0, 0.05) is 0 Å². The van der Waals surface area contributed by atoms with Crippen LogP contribution in [0.25, 0.3) is 0 Å². The largest absolute Gasteiger partial charge is 0.494 e. The zero-order valence-electron chi connectivity index (χ0n) is 11.0. The van der Waals surface area contributed by atoms with Crippen LogP contribution in [0.1, 0.15) is 31.7 Å². The summed E-state index contributed by atoms with van der Waals surface area (Å²) in [6, 6.07) is 7.77. The minimum absolute atomic E-state index is 0.421. The van der Waals surface area contributed by atoms with Gasteiger partial charge in [-0.3, -0.25) is 4.79 Å². The highest BCUT2D eigenvalue weighted by molar-refractivity contribution is 5.78. The van der Waals surface area contributed by atoms with Gasteiger partial charge in [-0.25, -0.2) is 0 Å². The van der Waals surface area contributed by atoms with Crippen LogP contribution in [-0.2, 0) is 4.79 Å². The molecule has 100 valence electrons. The van der Waals surface area contributed by atoms with Crippen molar-refractivity contribution in [1.29, 1.82) is 0 Å². The van der Waals surface area contributed by atoms with E-state index in [1.165, 1.54) is 0 Å². The van der Waals surface area contributed by atoms with Crippen LogP contribution in [0.15, 0.2) is 24.3 Å². The average Bonchev–Trinajstić information content (AvgIpc) is 2.34. The van der Waals surface area contributed by atoms with Crippen LogP contribution in [-0.4, -0.2) is 23.2 Å². The quantitative estimate of drug-likeness (QED) is 0.730. The molecule has 1 atom stereocenters. The summed E-state index contributed by atoms with van der Waals surface area (Å²) in [5, 5.41) is 9.02. The van der Waals surface area contributed by atoms with Gasteiger partial charge in [0.15, 0.2) is 0 Å². The minimum Gasteiger partial charge on any atom is -0.494 e. The van der Waals surface area contributed by atoms with Gasteiger partial charge in [0.2, 0.25) is 0 Å². The Labute approximate surface area is 108 Å². The number of carbonyl (C=O) groups is 1. The van der Waals surface area contributed by atoms with E-state index in [1.807, 2.05) is 31.2 Å². The van der Waals surface area contributed by atoms with Crippen LogP contribution in [0.4, 0.5) is 0 Å². The normalized spacial score (nSPS) is 13.9. The van der Waals surface area contributed by atoms with Crippen molar-refractivity contribution in [2.75, 3.05) is 6.61 Å². The second-order valence-electron chi connectivity index (χ2n) is 4.58. The molecule has 4 heteroatoms. The van der Waals surface area contributed by atoms with Crippen molar-refractivity contribution in [2.45, 2.75) is 38.6 Å². The van der Waals surface area contributed by atoms with Crippen molar-refractivity contribution >= 4 is 5.97 Å². The number of hydrogen-bond donors (Lipinski definition) is 2. The number of carboxylic acids is 1. The van der Waals surface area contributed by atoms with Crippen LogP contribution in [0.2, 0.25) is 0 Å². The second kappa shape index (κ2) is 6.40. The Balaban J connectivity index is 2.37. The lowest BCUT2D eigenvalue weighted by Crippen LogP contribution is -2.47. The molecule has 1 unspecified atom stereocenters. The van der Waals surface area contributed by atoms with E-state index in [0.717, 1.165) is 11.3 Å². The van der Waals surface area contributed by atoms with Crippen molar-refractivity contribution in [3.63, 3.8) is 0 Å². The molecule has 0 aliphatic heterocycles. The van der Waals surface area contributed by atoms with E-state index in [1.54, 1.807) is 6.92 Å². The molecule has 0 saturated carbocycles. The summed E-state index contributed by atoms with van der Waals surface area (Å²) in [5.41, 5.74) is 5.80. The van der Waals surface area contributed by atoms with Crippen molar-refractivity contribution in [1.82, 2.24) is 0 Å². The Kier molecular flexibility index (Phi) is 5.16. The molecule has 0 saturated heterocycles. The highest BCUT2D eigenvalue weighted by Gasteiger charge is 2.30. The molecule has 0 aromatic heterocycles. The van der Waals surface area contributed by atoms with E-state index in [-0.39, 0.29) is 0 Å². The number of hydrogen-bond acceptors (Lipinski definition) is 3. The molecule has 4 nitrogen and oxygen atoms in total. The molecule has 3 N–H and O–H groups in total. The first kappa shape index (κ1) is 14.5. The second-order valence-corrected chi connectivity index (χ2v) is 4.58. The fraction of sp³-hybridized carbons (Fsp3) is 0.500. The number of benzene rings is 1. The van der Waals surface area contributed by atoms with E-state index >= 15 is 0 Å². The summed E-state index contributed by atoms with van der Waals surface area (Å²) in [6.07, 6.45) is 1.47. The predicted octanol–water partition coefficient (Wildman–Crippen LogP) is 2.35. The molecule has 1 rings (SSSR count). The van der Waals surface area contributed by atoms with Gasteiger partial charge in [0.1, 0.15) is 11.3 Å². The van der Waals surface area contributed by atoms with Gasteiger partial charge in [-0.15, -0.1) is 0 Å². The van der Waals surface area contributed by atoms with Gasteiger partial charge in [0.05, 0.1) is 6.61 Å². The molecule has 0 bridgehead atoms. The summed E-state index contributed by atoms with van der Waals surface area (Å²) in [4.78, 5) is 11.0. The Morgan fingerprint density at radius 3 is 2.78 bits per heavy atom. The average molecular weight is 251 g/mol. The number of ether oxygens (including phenoxy) is 1. The number of rotatable bonds is 7. The first-order valence-corrected chi connectivity index (χ1v) is 6.19. The molecule has 18 heavy (non-hydrogen) atoms. The maximum atomic E-state index is 11.0. The number of carboxylic acid groups (broad SMARTS) is 1. The van der Waals surface area contributed by atoms with Gasteiger partial charge >= 0.3 is 5.97 Å². The zero-order valence-corrected chi connectivity index (χ0v) is 11.0. The highest BCUT2D eigenvalue weighted by Crippen LogP contribution is 2.16. The van der Waals surface area contributed by atoms with Crippen LogP contribution < -0.4 is 10.5 Å². The van der Waals surface area contributed by atoms with Crippen molar-refractivity contribution in [3.05, 3.63) is 29.8 Å². The molecule has 1 aromatic carbocycles. The Morgan fingerprint density at radius 1 is 1.50 bits per heavy atom. The standard InChI is InChI=1S/C14H21NO3/c1-3-14(15,13(16)17)8-5-9-18-12-7-4-6-11(2)10-12/h4,6-7,10H,3,5,8-9,15H2,1-2H3,(H,16,17). The van der Waals surface area contributed by atoms with Crippen LogP contribution in [0.3, 0.4) is 0 Å². The summed E-state index contributed by atoms with van der Waals surface area (Å²) in [6.45, 7) is 4.27. The Bertz CT molecular complexity index is 406. The first-order valence-electron chi connectivity index (χ1n) is 6.19. The lowest BCUT2D eigenvalue weighted by atomic mass is 9.92. The lowest BCUT2D eigenvalue weighted by molar-refractivity contribution is -0.143. The first-order chi connectivity index (χ1) is 8.48. The third-order valence-corrected chi connectivity index (χ3v) is 3.08. The Morgan fingerprint density at radius 2 is 2.22 bits per heavy atom. The number of aliphatic carboxylic acids is 1. The molecule has 0 heterocycles. The van der Waals surface area contributed by atoms with Crippen LogP contribution in [0, 0.1) is 6.92 Å². The van der Waals surface area contributed by atoms with E-state index in [2.05, 4.69) is 0 Å². The van der Waals surface area contributed by atoms with Gasteiger partial charge in [0.25, 0.3) is 0 Å². The third kappa shape index (κ3) is 4.04. The molecular weight excluding hydrogens is 230 g/mol. The maximum absolute atomic E-state index is 11.0. The minimum atomic E-state index is -1.13. The van der Waals surface area contributed by atoms with Crippen LogP contribution >= 0.6 is 0 Å². The van der Waals surface area contributed by atoms with E-state index in [0.29, 0.717) is 25.9 Å². The van der Waals surface area contributed by atoms with Gasteiger partial charge in [-0.1, -0.05) is 19.1 Å². The fourth-order valence-electron chi connectivity index (χ4n) is 1.72. The smallest absolute Gasteiger partial charge is 0.323 e. The summed E-state index contributed by atoms with van der Waals surface area (Å²) < 4.78 is 5.56. The molecular formula is C14H21NO3. The fourth-order valence-corrected chi connectivity index (χ4v) is 1.72. The van der Waals surface area contributed by atoms with E-state index < -0.39 is 11.5 Å². The molecule has 0 aliphatic carbocycles. The zero-order chi connectivity index (χ0) is 13.6. The lowest BCUT2D eigenvalue weighted by Gasteiger charge is -2.22. The van der Waals surface area contributed by atoms with E-state index in [4.69, 9.17) is 15.6 Å². The molecule has 0 radical (unpaired) electrons. The SMILES string of the molecule is CCC(N)(CCCOc1cccc(C)c1)C(=O)O. The summed E-state index contributed by atoms with van der Waals surface area (Å²) in [7, 11) is 0. The summed E-state index contributed by atoms with van der Waals surface area (Å²) >= 11 is 0. The van der Waals surface area contributed by atoms with Gasteiger partial charge in [-0.05, 0) is 43.9 Å². The molecule has 0 fully saturated rings. The molecule has 1 aromatic rings. The summed E-state index contributed by atoms with van der Waals surface area (Å²) in [5.74, 6) is -0.134. The van der Waals surface area contributed by atoms with Crippen molar-refractivity contribution in [2.24, 2.45) is 5.73 Å². The Hall–Kier alpha value is -1.55. The van der Waals surface area contributed by atoms with Crippen molar-refractivity contribution in [3.8, 4) is 5.75 Å². The number of aryl methyl sites for hydroxylation is 1. The highest BCUT2D eigenvalue weighted by atomic mass is 16.5. The van der Waals surface area contributed by atoms with Gasteiger partial charge in [-0.2, -0.15) is 0 Å². The predicted molar refractivity (Wildman–Crippen MR) is 70.8 cm³/mol. The third-order valence-electron chi connectivity index (χ3n) is 3.08. The number of nitrogens with two attached hydrogens (primary N) is 1. The molecule has 0 aliphatic rings. The van der Waals surface area contributed by atoms with E-state index in [9.17, 15) is 4.79 Å². The molecule has 0 spiro atoms. The van der Waals surface area contributed by atoms with Crippen LogP contribution in [0.5, 0.6) is 5.75 Å². The monoisotopic (exact) mass is 251 g/mol. The topological polar surface area (TPSA) is 72.5 Å². The van der Waals surface area contributed by atoms with Crippen molar-refractivity contribution < 1.29 is 14.6 Å². The maximum Gasteiger partial charge on any atom is 0.323 e. The van der Waals surface area contributed by atoms with Gasteiger partial charge < -0.3 is 15.6 Å². The molecule has 0 amide bonds.